The molecule has 0 bridgehead atoms. The zero-order valence-electron chi connectivity index (χ0n) is 7.82. The van der Waals surface area contributed by atoms with Gasteiger partial charge in [-0.25, -0.2) is 4.98 Å². The smallest absolute Gasteiger partial charge is 0.109 e. The van der Waals surface area contributed by atoms with Gasteiger partial charge in [0.05, 0.1) is 18.5 Å². The van der Waals surface area contributed by atoms with Crippen molar-refractivity contribution in [2.45, 2.75) is 32.4 Å². The summed E-state index contributed by atoms with van der Waals surface area (Å²) in [7, 11) is 0. The first-order valence-electron chi connectivity index (χ1n) is 4.26. The molecule has 1 heterocycles. The van der Waals surface area contributed by atoms with Gasteiger partial charge in [0.15, 0.2) is 0 Å². The molecular weight excluding hydrogens is 182 g/mol. The Labute approximate surface area is 82.4 Å². The first-order chi connectivity index (χ1) is 6.24. The van der Waals surface area contributed by atoms with Crippen molar-refractivity contribution in [2.75, 3.05) is 0 Å². The van der Waals surface area contributed by atoms with Crippen LogP contribution in [-0.4, -0.2) is 11.0 Å². The summed E-state index contributed by atoms with van der Waals surface area (Å²) in [4.78, 5) is 4.20. The summed E-state index contributed by atoms with van der Waals surface area (Å²) in [5, 5.41) is 14.8. The molecule has 2 atom stereocenters. The van der Waals surface area contributed by atoms with Crippen LogP contribution in [0.4, 0.5) is 0 Å². The standard InChI is InChI=1S/C9H13N3S/c1-7(3-4-10)12-8(2)9-11-5-6-13-9/h5-8,12H,3H2,1-2H3. The zero-order valence-corrected chi connectivity index (χ0v) is 8.64. The van der Waals surface area contributed by atoms with Gasteiger partial charge in [-0.15, -0.1) is 11.3 Å². The number of rotatable bonds is 4. The second-order valence-electron chi connectivity index (χ2n) is 3.02. The van der Waals surface area contributed by atoms with Gasteiger partial charge in [-0.3, -0.25) is 0 Å². The molecule has 1 N–H and O–H groups in total. The van der Waals surface area contributed by atoms with E-state index in [1.165, 1.54) is 0 Å². The lowest BCUT2D eigenvalue weighted by Crippen LogP contribution is -2.28. The van der Waals surface area contributed by atoms with Crippen molar-refractivity contribution >= 4 is 11.3 Å². The third kappa shape index (κ3) is 3.13. The summed E-state index contributed by atoms with van der Waals surface area (Å²) < 4.78 is 0. The first-order valence-corrected chi connectivity index (χ1v) is 5.14. The summed E-state index contributed by atoms with van der Waals surface area (Å²) in [5.41, 5.74) is 0. The van der Waals surface area contributed by atoms with Crippen molar-refractivity contribution < 1.29 is 0 Å². The van der Waals surface area contributed by atoms with E-state index in [-0.39, 0.29) is 12.1 Å². The maximum absolute atomic E-state index is 8.48. The molecule has 0 fully saturated rings. The molecule has 0 saturated carbocycles. The summed E-state index contributed by atoms with van der Waals surface area (Å²) in [6, 6.07) is 2.60. The summed E-state index contributed by atoms with van der Waals surface area (Å²) in [5.74, 6) is 0. The monoisotopic (exact) mass is 195 g/mol. The number of nitrogens with zero attached hydrogens (tertiary/aromatic N) is 2. The van der Waals surface area contributed by atoms with Gasteiger partial charge in [0.25, 0.3) is 0 Å². The molecule has 3 nitrogen and oxygen atoms in total. The third-order valence-electron chi connectivity index (χ3n) is 1.75. The van der Waals surface area contributed by atoms with Crippen LogP contribution in [0.1, 0.15) is 31.3 Å². The molecule has 1 rings (SSSR count). The molecule has 0 amide bonds. The van der Waals surface area contributed by atoms with Crippen molar-refractivity contribution in [1.29, 1.82) is 5.26 Å². The van der Waals surface area contributed by atoms with Gasteiger partial charge in [0, 0.05) is 17.6 Å². The summed E-state index contributed by atoms with van der Waals surface area (Å²) in [6.45, 7) is 4.07. The number of nitrogens with one attached hydrogen (secondary N) is 1. The fourth-order valence-corrected chi connectivity index (χ4v) is 1.80. The van der Waals surface area contributed by atoms with Crippen LogP contribution in [0.3, 0.4) is 0 Å². The van der Waals surface area contributed by atoms with E-state index in [4.69, 9.17) is 5.26 Å². The molecule has 0 saturated heterocycles. The van der Waals surface area contributed by atoms with Crippen molar-refractivity contribution in [3.63, 3.8) is 0 Å². The Bertz CT molecular complexity index is 276. The molecule has 0 aromatic carbocycles. The number of aromatic nitrogens is 1. The Morgan fingerprint density at radius 1 is 1.69 bits per heavy atom. The Kier molecular flexibility index (Phi) is 3.87. The van der Waals surface area contributed by atoms with Gasteiger partial charge in [-0.2, -0.15) is 5.26 Å². The largest absolute Gasteiger partial charge is 0.305 e. The molecule has 1 aromatic rings. The van der Waals surface area contributed by atoms with E-state index in [1.807, 2.05) is 12.3 Å². The Morgan fingerprint density at radius 2 is 2.46 bits per heavy atom. The number of hydrogen-bond donors (Lipinski definition) is 1. The molecule has 13 heavy (non-hydrogen) atoms. The van der Waals surface area contributed by atoms with E-state index in [1.54, 1.807) is 17.5 Å². The highest BCUT2D eigenvalue weighted by Crippen LogP contribution is 2.15. The summed E-state index contributed by atoms with van der Waals surface area (Å²) >= 11 is 1.63. The van der Waals surface area contributed by atoms with Gasteiger partial charge in [-0.1, -0.05) is 0 Å². The second-order valence-corrected chi connectivity index (χ2v) is 3.95. The highest BCUT2D eigenvalue weighted by Gasteiger charge is 2.10. The second kappa shape index (κ2) is 4.95. The van der Waals surface area contributed by atoms with Crippen molar-refractivity contribution in [1.82, 2.24) is 10.3 Å². The predicted octanol–water partition coefficient (Wildman–Crippen LogP) is 2.10. The SMILES string of the molecule is CC(CC#N)NC(C)c1nccs1. The molecular formula is C9H13N3S. The molecule has 0 aliphatic heterocycles. The molecule has 1 aromatic heterocycles. The topological polar surface area (TPSA) is 48.7 Å². The molecule has 2 unspecified atom stereocenters. The minimum atomic E-state index is 0.226. The van der Waals surface area contributed by atoms with Crippen molar-refractivity contribution in [3.8, 4) is 6.07 Å². The minimum Gasteiger partial charge on any atom is -0.305 e. The highest BCUT2D eigenvalue weighted by atomic mass is 32.1. The fraction of sp³-hybridized carbons (Fsp3) is 0.556. The average Bonchev–Trinajstić information content (AvgIpc) is 2.55. The Hall–Kier alpha value is -0.920. The Morgan fingerprint density at radius 3 is 3.00 bits per heavy atom. The van der Waals surface area contributed by atoms with Gasteiger partial charge >= 0.3 is 0 Å². The van der Waals surface area contributed by atoms with Gasteiger partial charge in [-0.05, 0) is 13.8 Å². The van der Waals surface area contributed by atoms with Gasteiger partial charge < -0.3 is 5.32 Å². The van der Waals surface area contributed by atoms with E-state index in [0.717, 1.165) is 5.01 Å². The fourth-order valence-electron chi connectivity index (χ4n) is 1.14. The normalized spacial score (nSPS) is 14.8. The van der Waals surface area contributed by atoms with Crippen LogP contribution in [0.25, 0.3) is 0 Å². The molecule has 0 spiro atoms. The van der Waals surface area contributed by atoms with E-state index in [2.05, 4.69) is 23.3 Å². The number of nitriles is 1. The quantitative estimate of drug-likeness (QED) is 0.800. The van der Waals surface area contributed by atoms with Crippen LogP contribution in [0.5, 0.6) is 0 Å². The zero-order chi connectivity index (χ0) is 9.68. The maximum atomic E-state index is 8.48. The highest BCUT2D eigenvalue weighted by molar-refractivity contribution is 7.09. The lowest BCUT2D eigenvalue weighted by molar-refractivity contribution is 0.484. The van der Waals surface area contributed by atoms with E-state index < -0.39 is 0 Å². The van der Waals surface area contributed by atoms with Crippen LogP contribution >= 0.6 is 11.3 Å². The van der Waals surface area contributed by atoms with E-state index in [9.17, 15) is 0 Å². The molecule has 0 aliphatic carbocycles. The molecule has 70 valence electrons. The van der Waals surface area contributed by atoms with Crippen LogP contribution in [0.15, 0.2) is 11.6 Å². The third-order valence-corrected chi connectivity index (χ3v) is 2.71. The van der Waals surface area contributed by atoms with Gasteiger partial charge in [0.1, 0.15) is 5.01 Å². The van der Waals surface area contributed by atoms with Crippen LogP contribution in [0, 0.1) is 11.3 Å². The molecule has 4 heteroatoms. The lowest BCUT2D eigenvalue weighted by Gasteiger charge is -2.15. The molecule has 0 radical (unpaired) electrons. The molecule has 0 aliphatic rings. The predicted molar refractivity (Wildman–Crippen MR) is 53.4 cm³/mol. The minimum absolute atomic E-state index is 0.226. The van der Waals surface area contributed by atoms with Crippen LogP contribution < -0.4 is 5.32 Å². The average molecular weight is 195 g/mol. The number of thiazole rings is 1. The summed E-state index contributed by atoms with van der Waals surface area (Å²) in [6.07, 6.45) is 2.34. The van der Waals surface area contributed by atoms with E-state index >= 15 is 0 Å². The lowest BCUT2D eigenvalue weighted by atomic mass is 10.2. The Balaban J connectivity index is 2.42. The van der Waals surface area contributed by atoms with E-state index in [0.29, 0.717) is 6.42 Å². The maximum Gasteiger partial charge on any atom is 0.109 e. The first kappa shape index (κ1) is 10.2. The number of hydrogen-bond acceptors (Lipinski definition) is 4. The van der Waals surface area contributed by atoms with Crippen LogP contribution in [-0.2, 0) is 0 Å². The van der Waals surface area contributed by atoms with Crippen molar-refractivity contribution in [2.24, 2.45) is 0 Å². The van der Waals surface area contributed by atoms with Crippen molar-refractivity contribution in [3.05, 3.63) is 16.6 Å². The van der Waals surface area contributed by atoms with Crippen LogP contribution in [0.2, 0.25) is 0 Å². The van der Waals surface area contributed by atoms with Gasteiger partial charge in [0.2, 0.25) is 0 Å².